The standard InChI is InChI=1S/C25H27N3O6S/c1-19-7-5-8-20(17-19)35(31,32)28(21-9-3-4-10-22(21)33-2)18-24(29)26-12-14-27(15-13-26)25(30)23-11-6-16-34-23/h3-11,16-17H,12-15,18H2,1-2H3. The zero-order valence-electron chi connectivity index (χ0n) is 19.6. The lowest BCUT2D eigenvalue weighted by Gasteiger charge is -2.35. The average Bonchev–Trinajstić information content (AvgIpc) is 3.42. The molecule has 0 aliphatic carbocycles. The highest BCUT2D eigenvalue weighted by molar-refractivity contribution is 7.92. The fourth-order valence-corrected chi connectivity index (χ4v) is 5.51. The van der Waals surface area contributed by atoms with Gasteiger partial charge in [-0.25, -0.2) is 8.42 Å². The molecule has 0 N–H and O–H groups in total. The Hall–Kier alpha value is -3.79. The zero-order chi connectivity index (χ0) is 25.0. The van der Waals surface area contributed by atoms with E-state index in [4.69, 9.17) is 9.15 Å². The molecule has 1 fully saturated rings. The Bertz CT molecular complexity index is 1300. The minimum Gasteiger partial charge on any atom is -0.495 e. The van der Waals surface area contributed by atoms with E-state index >= 15 is 0 Å². The number of hydrogen-bond acceptors (Lipinski definition) is 6. The number of carbonyl (C=O) groups excluding carboxylic acids is 2. The first-order valence-electron chi connectivity index (χ1n) is 11.1. The fourth-order valence-electron chi connectivity index (χ4n) is 3.98. The van der Waals surface area contributed by atoms with Crippen LogP contribution in [-0.2, 0) is 14.8 Å². The zero-order valence-corrected chi connectivity index (χ0v) is 20.4. The van der Waals surface area contributed by atoms with Gasteiger partial charge < -0.3 is 19.0 Å². The fraction of sp³-hybridized carbons (Fsp3) is 0.280. The van der Waals surface area contributed by atoms with Crippen LogP contribution in [0, 0.1) is 6.92 Å². The largest absolute Gasteiger partial charge is 0.495 e. The molecule has 0 radical (unpaired) electrons. The van der Waals surface area contributed by atoms with E-state index in [1.54, 1.807) is 71.3 Å². The third kappa shape index (κ3) is 5.17. The van der Waals surface area contributed by atoms with Gasteiger partial charge in [-0.3, -0.25) is 13.9 Å². The molecule has 184 valence electrons. The Morgan fingerprint density at radius 3 is 2.34 bits per heavy atom. The molecule has 2 aromatic carbocycles. The molecular weight excluding hydrogens is 470 g/mol. The number of benzene rings is 2. The van der Waals surface area contributed by atoms with E-state index < -0.39 is 16.6 Å². The third-order valence-electron chi connectivity index (χ3n) is 5.86. The lowest BCUT2D eigenvalue weighted by atomic mass is 10.2. The van der Waals surface area contributed by atoms with Crippen molar-refractivity contribution in [2.75, 3.05) is 44.1 Å². The number of amides is 2. The van der Waals surface area contributed by atoms with Crippen molar-refractivity contribution in [1.82, 2.24) is 9.80 Å². The molecule has 1 aliphatic rings. The molecular formula is C25H27N3O6S. The van der Waals surface area contributed by atoms with Crippen LogP contribution in [0.3, 0.4) is 0 Å². The molecule has 35 heavy (non-hydrogen) atoms. The average molecular weight is 498 g/mol. The van der Waals surface area contributed by atoms with E-state index in [1.165, 1.54) is 19.4 Å². The molecule has 0 unspecified atom stereocenters. The summed E-state index contributed by atoms with van der Waals surface area (Å²) in [7, 11) is -2.62. The van der Waals surface area contributed by atoms with Crippen LogP contribution in [-0.4, -0.2) is 69.9 Å². The maximum Gasteiger partial charge on any atom is 0.289 e. The first kappa shape index (κ1) is 24.3. The highest BCUT2D eigenvalue weighted by Gasteiger charge is 2.32. The minimum atomic E-state index is -4.07. The number of furan rings is 1. The Labute approximate surface area is 204 Å². The van der Waals surface area contributed by atoms with Crippen molar-refractivity contribution in [2.45, 2.75) is 11.8 Å². The van der Waals surface area contributed by atoms with Gasteiger partial charge in [0.1, 0.15) is 12.3 Å². The normalized spacial score (nSPS) is 14.0. The molecule has 2 heterocycles. The van der Waals surface area contributed by atoms with Gasteiger partial charge in [-0.2, -0.15) is 0 Å². The van der Waals surface area contributed by atoms with Gasteiger partial charge in [-0.05, 0) is 48.9 Å². The molecule has 1 aliphatic heterocycles. The number of methoxy groups -OCH3 is 1. The van der Waals surface area contributed by atoms with Crippen molar-refractivity contribution in [3.05, 3.63) is 78.3 Å². The van der Waals surface area contributed by atoms with Gasteiger partial charge in [0.15, 0.2) is 5.76 Å². The Kier molecular flexibility index (Phi) is 7.11. The highest BCUT2D eigenvalue weighted by Crippen LogP contribution is 2.32. The van der Waals surface area contributed by atoms with E-state index in [9.17, 15) is 18.0 Å². The van der Waals surface area contributed by atoms with Crippen molar-refractivity contribution in [1.29, 1.82) is 0 Å². The van der Waals surface area contributed by atoms with Gasteiger partial charge in [0.05, 0.1) is 24.0 Å². The predicted octanol–water partition coefficient (Wildman–Crippen LogP) is 2.78. The summed E-state index contributed by atoms with van der Waals surface area (Å²) in [6.07, 6.45) is 1.44. The molecule has 1 aromatic heterocycles. The van der Waals surface area contributed by atoms with Gasteiger partial charge in [0.25, 0.3) is 15.9 Å². The van der Waals surface area contributed by atoms with Crippen LogP contribution in [0.5, 0.6) is 5.75 Å². The summed E-state index contributed by atoms with van der Waals surface area (Å²) < 4.78 is 39.0. The summed E-state index contributed by atoms with van der Waals surface area (Å²) in [6.45, 7) is 2.63. The van der Waals surface area contributed by atoms with Gasteiger partial charge in [0.2, 0.25) is 5.91 Å². The van der Waals surface area contributed by atoms with Crippen molar-refractivity contribution in [3.63, 3.8) is 0 Å². The second kappa shape index (κ2) is 10.2. The summed E-state index contributed by atoms with van der Waals surface area (Å²) >= 11 is 0. The number of piperazine rings is 1. The van der Waals surface area contributed by atoms with E-state index in [0.29, 0.717) is 18.8 Å². The number of anilines is 1. The number of ether oxygens (including phenoxy) is 1. The molecule has 0 bridgehead atoms. The monoisotopic (exact) mass is 497 g/mol. The summed E-state index contributed by atoms with van der Waals surface area (Å²) in [5, 5.41) is 0. The molecule has 0 saturated carbocycles. The topological polar surface area (TPSA) is 100 Å². The third-order valence-corrected chi connectivity index (χ3v) is 7.62. The van der Waals surface area contributed by atoms with Gasteiger partial charge >= 0.3 is 0 Å². The number of nitrogens with zero attached hydrogens (tertiary/aromatic N) is 3. The quantitative estimate of drug-likeness (QED) is 0.498. The number of sulfonamides is 1. The van der Waals surface area contributed by atoms with Crippen LogP contribution >= 0.6 is 0 Å². The van der Waals surface area contributed by atoms with Gasteiger partial charge in [0, 0.05) is 26.2 Å². The number of para-hydroxylation sites is 2. The summed E-state index contributed by atoms with van der Waals surface area (Å²) in [5.41, 5.74) is 1.06. The maximum absolute atomic E-state index is 13.7. The maximum atomic E-state index is 13.7. The summed E-state index contributed by atoms with van der Waals surface area (Å²) in [4.78, 5) is 29.1. The highest BCUT2D eigenvalue weighted by atomic mass is 32.2. The Morgan fingerprint density at radius 1 is 0.971 bits per heavy atom. The number of rotatable bonds is 7. The molecule has 4 rings (SSSR count). The van der Waals surface area contributed by atoms with Gasteiger partial charge in [-0.15, -0.1) is 0 Å². The molecule has 0 spiro atoms. The Balaban J connectivity index is 1.56. The molecule has 10 heteroatoms. The molecule has 1 saturated heterocycles. The van der Waals surface area contributed by atoms with E-state index in [2.05, 4.69) is 0 Å². The van der Waals surface area contributed by atoms with Crippen molar-refractivity contribution in [2.24, 2.45) is 0 Å². The molecule has 0 atom stereocenters. The minimum absolute atomic E-state index is 0.0880. The second-order valence-corrected chi connectivity index (χ2v) is 10.0. The number of carbonyl (C=O) groups is 2. The van der Waals surface area contributed by atoms with Crippen LogP contribution in [0.15, 0.2) is 76.2 Å². The van der Waals surface area contributed by atoms with Crippen LogP contribution in [0.25, 0.3) is 0 Å². The SMILES string of the molecule is COc1ccccc1N(CC(=O)N1CCN(C(=O)c2ccco2)CC1)S(=O)(=O)c1cccc(C)c1. The molecule has 3 aromatic rings. The lowest BCUT2D eigenvalue weighted by Crippen LogP contribution is -2.53. The first-order chi connectivity index (χ1) is 16.8. The summed E-state index contributed by atoms with van der Waals surface area (Å²) in [5.74, 6) is -0.0150. The summed E-state index contributed by atoms with van der Waals surface area (Å²) in [6, 6.07) is 16.5. The Morgan fingerprint density at radius 2 is 1.69 bits per heavy atom. The second-order valence-electron chi connectivity index (χ2n) is 8.15. The van der Waals surface area contributed by atoms with Crippen LogP contribution in [0.4, 0.5) is 5.69 Å². The lowest BCUT2D eigenvalue weighted by molar-refractivity contribution is -0.131. The predicted molar refractivity (Wildman–Crippen MR) is 130 cm³/mol. The molecule has 2 amide bonds. The molecule has 9 nitrogen and oxygen atoms in total. The number of aryl methyl sites for hydroxylation is 1. The van der Waals surface area contributed by atoms with Crippen molar-refractivity contribution in [3.8, 4) is 5.75 Å². The van der Waals surface area contributed by atoms with Crippen LogP contribution in [0.1, 0.15) is 16.1 Å². The van der Waals surface area contributed by atoms with E-state index in [-0.39, 0.29) is 41.2 Å². The van der Waals surface area contributed by atoms with Gasteiger partial charge in [-0.1, -0.05) is 24.3 Å². The smallest absolute Gasteiger partial charge is 0.289 e. The van der Waals surface area contributed by atoms with E-state index in [1.807, 2.05) is 0 Å². The van der Waals surface area contributed by atoms with Crippen LogP contribution < -0.4 is 9.04 Å². The first-order valence-corrected chi connectivity index (χ1v) is 12.6. The van der Waals surface area contributed by atoms with E-state index in [0.717, 1.165) is 9.87 Å². The van der Waals surface area contributed by atoms with Crippen molar-refractivity contribution < 1.29 is 27.2 Å². The van der Waals surface area contributed by atoms with Crippen LogP contribution in [0.2, 0.25) is 0 Å². The number of hydrogen-bond donors (Lipinski definition) is 0. The van der Waals surface area contributed by atoms with Crippen molar-refractivity contribution >= 4 is 27.5 Å².